The number of amides is 1. The summed E-state index contributed by atoms with van der Waals surface area (Å²) in [7, 11) is -3.18. The number of carbonyl (C=O) groups excluding carboxylic acids is 1. The van der Waals surface area contributed by atoms with Crippen LogP contribution >= 0.6 is 0 Å². The van der Waals surface area contributed by atoms with Crippen LogP contribution in [0.5, 0.6) is 11.5 Å². The second kappa shape index (κ2) is 13.7. The maximum Gasteiger partial charge on any atom is 0.257 e. The van der Waals surface area contributed by atoms with E-state index < -0.39 is 15.8 Å². The van der Waals surface area contributed by atoms with Gasteiger partial charge in [-0.2, -0.15) is 0 Å². The number of ether oxygens (including phenoxy) is 1. The van der Waals surface area contributed by atoms with Crippen LogP contribution in [-0.2, 0) is 10.0 Å². The first-order valence-corrected chi connectivity index (χ1v) is 17.6. The van der Waals surface area contributed by atoms with Crippen molar-refractivity contribution in [2.75, 3.05) is 50.7 Å². The van der Waals surface area contributed by atoms with Crippen LogP contribution in [0.4, 0.5) is 10.2 Å². The van der Waals surface area contributed by atoms with Gasteiger partial charge in [-0.05, 0) is 96.5 Å². The minimum absolute atomic E-state index is 0.0372. The number of nitrogens with one attached hydrogen (secondary N) is 1. The highest BCUT2D eigenvalue weighted by atomic mass is 32.2. The predicted molar refractivity (Wildman–Crippen MR) is 169 cm³/mol. The Morgan fingerprint density at radius 2 is 1.84 bits per heavy atom. The van der Waals surface area contributed by atoms with Crippen LogP contribution in [0, 0.1) is 17.2 Å². The van der Waals surface area contributed by atoms with Crippen molar-refractivity contribution in [2.45, 2.75) is 77.5 Å². The summed E-state index contributed by atoms with van der Waals surface area (Å²) < 4.78 is 47.9. The van der Waals surface area contributed by atoms with E-state index in [4.69, 9.17) is 4.74 Å². The van der Waals surface area contributed by atoms with Crippen molar-refractivity contribution in [2.24, 2.45) is 11.3 Å². The molecule has 1 aliphatic carbocycles. The smallest absolute Gasteiger partial charge is 0.257 e. The third-order valence-corrected chi connectivity index (χ3v) is 11.7. The summed E-state index contributed by atoms with van der Waals surface area (Å²) in [6.45, 7) is 13.4. The predicted octanol–water partition coefficient (Wildman–Crippen LogP) is 4.68. The highest BCUT2D eigenvalue weighted by molar-refractivity contribution is 7.90. The fraction of sp³-hybridized carbons (Fsp3) is 0.656. The molecule has 10 nitrogen and oxygen atoms in total. The van der Waals surface area contributed by atoms with Crippen molar-refractivity contribution < 1.29 is 22.3 Å². The molecule has 12 heteroatoms. The number of halogens is 1. The van der Waals surface area contributed by atoms with E-state index in [0.717, 1.165) is 71.2 Å². The summed E-state index contributed by atoms with van der Waals surface area (Å²) >= 11 is 0. The molecule has 1 aromatic heterocycles. The number of nitrogens with zero attached hydrogens (tertiary/aromatic N) is 5. The van der Waals surface area contributed by atoms with Crippen LogP contribution in [0.1, 0.15) is 76.6 Å². The van der Waals surface area contributed by atoms with Gasteiger partial charge in [0.2, 0.25) is 10.0 Å². The number of anilines is 1. The van der Waals surface area contributed by atoms with Gasteiger partial charge in [-0.1, -0.05) is 6.92 Å². The maximum absolute atomic E-state index is 14.2. The summed E-state index contributed by atoms with van der Waals surface area (Å²) in [4.78, 5) is 28.5. The number of rotatable bonds is 11. The van der Waals surface area contributed by atoms with Crippen molar-refractivity contribution in [3.63, 3.8) is 0 Å². The normalized spacial score (nSPS) is 22.2. The Balaban J connectivity index is 1.17. The van der Waals surface area contributed by atoms with E-state index in [2.05, 4.69) is 24.5 Å². The fourth-order valence-electron chi connectivity index (χ4n) is 7.14. The van der Waals surface area contributed by atoms with Gasteiger partial charge < -0.3 is 19.4 Å². The Bertz CT molecular complexity index is 1400. The number of likely N-dealkylation sites (tertiary alicyclic amines) is 1. The van der Waals surface area contributed by atoms with Gasteiger partial charge in [-0.15, -0.1) is 0 Å². The molecule has 1 spiro atoms. The molecular weight excluding hydrogens is 583 g/mol. The largest absolute Gasteiger partial charge is 0.451 e. The molecule has 2 saturated heterocycles. The zero-order chi connectivity index (χ0) is 31.5. The lowest BCUT2D eigenvalue weighted by Gasteiger charge is -2.54. The standard InChI is InChI=1S/C32H47FN6O4S/c1-5-36-44(41,42)26-10-7-24(8-11-26)19-37-15-13-32(14-16-37)20-38(21-32)30-29(18-34-22-35-30)43-28-12-9-25(33)17-27(28)31(40)39(6-2)23(3)4/h9,12,17-18,22-24,26,36H,5-8,10-11,13-16,19-21H2,1-4H3. The van der Waals surface area contributed by atoms with Crippen LogP contribution in [0.15, 0.2) is 30.7 Å². The number of hydrogen-bond donors (Lipinski definition) is 1. The van der Waals surface area contributed by atoms with E-state index in [1.807, 2.05) is 27.7 Å². The van der Waals surface area contributed by atoms with Gasteiger partial charge in [0.05, 0.1) is 17.0 Å². The van der Waals surface area contributed by atoms with Crippen LogP contribution in [-0.4, -0.2) is 91.2 Å². The lowest BCUT2D eigenvalue weighted by Crippen LogP contribution is -2.61. The number of sulfonamides is 1. The molecule has 3 fully saturated rings. The molecule has 0 bridgehead atoms. The van der Waals surface area contributed by atoms with Gasteiger partial charge in [0.1, 0.15) is 17.9 Å². The lowest BCUT2D eigenvalue weighted by molar-refractivity contribution is 0.0627. The fourth-order valence-corrected chi connectivity index (χ4v) is 8.67. The van der Waals surface area contributed by atoms with Gasteiger partial charge >= 0.3 is 0 Å². The molecule has 1 N–H and O–H groups in total. The second-order valence-electron chi connectivity index (χ2n) is 13.0. The molecule has 3 aliphatic rings. The highest BCUT2D eigenvalue weighted by Gasteiger charge is 2.46. The Labute approximate surface area is 261 Å². The zero-order valence-electron chi connectivity index (χ0n) is 26.5. The van der Waals surface area contributed by atoms with Crippen molar-refractivity contribution >= 4 is 21.7 Å². The average Bonchev–Trinajstić information content (AvgIpc) is 2.98. The molecule has 2 aliphatic heterocycles. The van der Waals surface area contributed by atoms with E-state index in [9.17, 15) is 17.6 Å². The zero-order valence-corrected chi connectivity index (χ0v) is 27.3. The Hall–Kier alpha value is -2.83. The van der Waals surface area contributed by atoms with E-state index in [1.54, 1.807) is 11.1 Å². The number of benzene rings is 1. The summed E-state index contributed by atoms with van der Waals surface area (Å²) in [5.74, 6) is 1.19. The van der Waals surface area contributed by atoms with Crippen molar-refractivity contribution in [3.05, 3.63) is 42.1 Å². The van der Waals surface area contributed by atoms with Gasteiger partial charge in [-0.3, -0.25) is 4.79 Å². The molecule has 3 heterocycles. The average molecular weight is 631 g/mol. The number of carbonyl (C=O) groups is 1. The van der Waals surface area contributed by atoms with Crippen molar-refractivity contribution in [3.8, 4) is 11.5 Å². The molecule has 5 rings (SSSR count). The topological polar surface area (TPSA) is 108 Å². The van der Waals surface area contributed by atoms with Gasteiger partial charge in [0.25, 0.3) is 5.91 Å². The molecule has 1 amide bonds. The quantitative estimate of drug-likeness (QED) is 0.382. The SMILES string of the molecule is CCNS(=O)(=O)C1CCC(CN2CCC3(CC2)CN(c2ncncc2Oc2ccc(F)cc2C(=O)N(CC)C(C)C)C3)CC1. The Kier molecular flexibility index (Phi) is 10.1. The van der Waals surface area contributed by atoms with Gasteiger partial charge in [0, 0.05) is 44.2 Å². The first-order chi connectivity index (χ1) is 21.0. The third kappa shape index (κ3) is 7.18. The second-order valence-corrected chi connectivity index (χ2v) is 15.0. The molecule has 2 aromatic rings. The van der Waals surface area contributed by atoms with E-state index in [0.29, 0.717) is 30.6 Å². The highest BCUT2D eigenvalue weighted by Crippen LogP contribution is 2.45. The molecule has 0 atom stereocenters. The first kappa shape index (κ1) is 32.6. The number of hydrogen-bond acceptors (Lipinski definition) is 8. The minimum Gasteiger partial charge on any atom is -0.451 e. The maximum atomic E-state index is 14.2. The van der Waals surface area contributed by atoms with E-state index in [1.165, 1.54) is 24.5 Å². The third-order valence-electron chi connectivity index (χ3n) is 9.64. The molecule has 44 heavy (non-hydrogen) atoms. The van der Waals surface area contributed by atoms with E-state index >= 15 is 0 Å². The monoisotopic (exact) mass is 630 g/mol. The van der Waals surface area contributed by atoms with Crippen molar-refractivity contribution in [1.29, 1.82) is 0 Å². The molecule has 242 valence electrons. The number of piperidine rings is 1. The van der Waals surface area contributed by atoms with Gasteiger partial charge in [0.15, 0.2) is 11.6 Å². The Morgan fingerprint density at radius 3 is 2.48 bits per heavy atom. The van der Waals surface area contributed by atoms with Crippen LogP contribution in [0.3, 0.4) is 0 Å². The summed E-state index contributed by atoms with van der Waals surface area (Å²) in [5.41, 5.74) is 0.405. The summed E-state index contributed by atoms with van der Waals surface area (Å²) in [5, 5.41) is -0.249. The van der Waals surface area contributed by atoms with E-state index in [-0.39, 0.29) is 33.9 Å². The van der Waals surface area contributed by atoms with Crippen molar-refractivity contribution in [1.82, 2.24) is 24.5 Å². The van der Waals surface area contributed by atoms with Gasteiger partial charge in [-0.25, -0.2) is 27.5 Å². The summed E-state index contributed by atoms with van der Waals surface area (Å²) in [6.07, 6.45) is 8.75. The molecule has 0 radical (unpaired) electrons. The van der Waals surface area contributed by atoms with Crippen LogP contribution in [0.2, 0.25) is 0 Å². The summed E-state index contributed by atoms with van der Waals surface area (Å²) in [6, 6.07) is 3.99. The number of aromatic nitrogens is 2. The Morgan fingerprint density at radius 1 is 1.14 bits per heavy atom. The minimum atomic E-state index is -3.18. The van der Waals surface area contributed by atoms with Crippen LogP contribution in [0.25, 0.3) is 0 Å². The molecule has 0 unspecified atom stereocenters. The van der Waals surface area contributed by atoms with Crippen LogP contribution < -0.4 is 14.4 Å². The molecule has 1 aromatic carbocycles. The molecular formula is C32H47FN6O4S. The first-order valence-electron chi connectivity index (χ1n) is 16.1. The molecule has 1 saturated carbocycles. The lowest BCUT2D eigenvalue weighted by atomic mass is 9.71.